The molecule has 1 N–H and O–H groups in total. The molecule has 0 aliphatic rings. The molecule has 1 amide bonds. The number of carbonyl (C=O) groups excluding carboxylic acids is 1. The zero-order valence-corrected chi connectivity index (χ0v) is 15.6. The molecule has 24 heavy (non-hydrogen) atoms. The molecule has 1 aromatic heterocycles. The van der Waals surface area contributed by atoms with E-state index in [2.05, 4.69) is 5.32 Å². The lowest BCUT2D eigenvalue weighted by Gasteiger charge is -2.21. The van der Waals surface area contributed by atoms with Crippen LogP contribution in [0.4, 0.5) is 0 Å². The standard InChI is InChI=1S/C18H23ClN2O2S/c1-21(10-4-11-23-2)13-17(22)20-18(16-5-3-12-24-16)14-6-8-15(19)9-7-14/h3,5-9,12,18H,4,10-11,13H2,1-2H3,(H,20,22). The quantitative estimate of drug-likeness (QED) is 0.690. The van der Waals surface area contributed by atoms with E-state index in [-0.39, 0.29) is 11.9 Å². The van der Waals surface area contributed by atoms with Gasteiger partial charge in [0, 0.05) is 30.2 Å². The van der Waals surface area contributed by atoms with Crippen molar-refractivity contribution >= 4 is 28.8 Å². The minimum absolute atomic E-state index is 0.00302. The van der Waals surface area contributed by atoms with Gasteiger partial charge in [-0.25, -0.2) is 0 Å². The molecule has 0 fully saturated rings. The molecule has 0 spiro atoms. The first-order valence-corrected chi connectivity index (χ1v) is 9.11. The first-order chi connectivity index (χ1) is 11.6. The highest BCUT2D eigenvalue weighted by Gasteiger charge is 2.18. The van der Waals surface area contributed by atoms with Gasteiger partial charge in [-0.1, -0.05) is 29.8 Å². The van der Waals surface area contributed by atoms with E-state index in [1.54, 1.807) is 18.4 Å². The van der Waals surface area contributed by atoms with Crippen molar-refractivity contribution in [3.63, 3.8) is 0 Å². The smallest absolute Gasteiger partial charge is 0.234 e. The van der Waals surface area contributed by atoms with Crippen LogP contribution in [0, 0.1) is 0 Å². The van der Waals surface area contributed by atoms with E-state index in [4.69, 9.17) is 16.3 Å². The van der Waals surface area contributed by atoms with Gasteiger partial charge in [0.05, 0.1) is 12.6 Å². The van der Waals surface area contributed by atoms with Crippen LogP contribution >= 0.6 is 22.9 Å². The molecule has 2 aromatic rings. The third-order valence-corrected chi connectivity index (χ3v) is 4.83. The van der Waals surface area contributed by atoms with Gasteiger partial charge in [-0.15, -0.1) is 11.3 Å². The molecule has 1 atom stereocenters. The van der Waals surface area contributed by atoms with Crippen LogP contribution in [0.1, 0.15) is 22.9 Å². The summed E-state index contributed by atoms with van der Waals surface area (Å²) in [7, 11) is 3.63. The number of thiophene rings is 1. The fraction of sp³-hybridized carbons (Fsp3) is 0.389. The van der Waals surface area contributed by atoms with Crippen LogP contribution in [0.5, 0.6) is 0 Å². The van der Waals surface area contributed by atoms with Crippen molar-refractivity contribution in [3.05, 3.63) is 57.2 Å². The molecule has 0 aliphatic carbocycles. The number of likely N-dealkylation sites (N-methyl/N-ethyl adjacent to an activating group) is 1. The second-order valence-corrected chi connectivity index (χ2v) is 7.07. The van der Waals surface area contributed by atoms with Gasteiger partial charge < -0.3 is 10.1 Å². The fourth-order valence-corrected chi connectivity index (χ4v) is 3.37. The van der Waals surface area contributed by atoms with Crippen LogP contribution in [-0.2, 0) is 9.53 Å². The topological polar surface area (TPSA) is 41.6 Å². The summed E-state index contributed by atoms with van der Waals surface area (Å²) in [5.41, 5.74) is 1.03. The Bertz CT molecular complexity index is 616. The maximum atomic E-state index is 12.4. The molecule has 1 unspecified atom stereocenters. The summed E-state index contributed by atoms with van der Waals surface area (Å²) in [6.07, 6.45) is 0.909. The van der Waals surface area contributed by atoms with Gasteiger partial charge in [0.15, 0.2) is 0 Å². The lowest BCUT2D eigenvalue weighted by Crippen LogP contribution is -2.38. The third-order valence-electron chi connectivity index (χ3n) is 3.64. The summed E-state index contributed by atoms with van der Waals surface area (Å²) >= 11 is 7.60. The van der Waals surface area contributed by atoms with Crippen LogP contribution in [0.2, 0.25) is 5.02 Å². The number of hydrogen-bond donors (Lipinski definition) is 1. The Balaban J connectivity index is 2.01. The summed E-state index contributed by atoms with van der Waals surface area (Å²) in [5, 5.41) is 5.83. The SMILES string of the molecule is COCCCN(C)CC(=O)NC(c1ccc(Cl)cc1)c1cccs1. The molecule has 6 heteroatoms. The van der Waals surface area contributed by atoms with E-state index in [0.29, 0.717) is 18.2 Å². The van der Waals surface area contributed by atoms with Gasteiger partial charge in [0.2, 0.25) is 5.91 Å². The van der Waals surface area contributed by atoms with E-state index in [1.165, 1.54) is 0 Å². The van der Waals surface area contributed by atoms with Gasteiger partial charge in [-0.05, 0) is 42.6 Å². The highest BCUT2D eigenvalue weighted by atomic mass is 35.5. The monoisotopic (exact) mass is 366 g/mol. The highest BCUT2D eigenvalue weighted by Crippen LogP contribution is 2.27. The van der Waals surface area contributed by atoms with Gasteiger partial charge in [0.1, 0.15) is 0 Å². The molecule has 0 saturated heterocycles. The lowest BCUT2D eigenvalue weighted by molar-refractivity contribution is -0.122. The van der Waals surface area contributed by atoms with Gasteiger partial charge in [0.25, 0.3) is 0 Å². The number of methoxy groups -OCH3 is 1. The van der Waals surface area contributed by atoms with Crippen LogP contribution in [-0.4, -0.2) is 44.7 Å². The van der Waals surface area contributed by atoms with E-state index >= 15 is 0 Å². The molecule has 0 aliphatic heterocycles. The molecule has 0 saturated carbocycles. The average molecular weight is 367 g/mol. The van der Waals surface area contributed by atoms with Crippen molar-refractivity contribution in [1.82, 2.24) is 10.2 Å². The molecular formula is C18H23ClN2O2S. The summed E-state index contributed by atoms with van der Waals surface area (Å²) in [6, 6.07) is 11.5. The predicted octanol–water partition coefficient (Wildman–Crippen LogP) is 3.58. The highest BCUT2D eigenvalue weighted by molar-refractivity contribution is 7.10. The second kappa shape index (κ2) is 9.79. The Morgan fingerprint density at radius 1 is 1.33 bits per heavy atom. The molecule has 2 rings (SSSR count). The van der Waals surface area contributed by atoms with Crippen molar-refractivity contribution in [2.75, 3.05) is 33.9 Å². The maximum Gasteiger partial charge on any atom is 0.234 e. The molecule has 130 valence electrons. The average Bonchev–Trinajstić information content (AvgIpc) is 3.08. The second-order valence-electron chi connectivity index (χ2n) is 5.65. The number of halogens is 1. The summed E-state index contributed by atoms with van der Waals surface area (Å²) in [4.78, 5) is 15.5. The number of carbonyl (C=O) groups is 1. The third kappa shape index (κ3) is 5.91. The number of rotatable bonds is 9. The van der Waals surface area contributed by atoms with Crippen LogP contribution < -0.4 is 5.32 Å². The lowest BCUT2D eigenvalue weighted by atomic mass is 10.1. The summed E-state index contributed by atoms with van der Waals surface area (Å²) < 4.78 is 5.04. The van der Waals surface area contributed by atoms with E-state index < -0.39 is 0 Å². The number of benzene rings is 1. The van der Waals surface area contributed by atoms with Crippen molar-refractivity contribution in [2.45, 2.75) is 12.5 Å². The Hall–Kier alpha value is -1.40. The minimum Gasteiger partial charge on any atom is -0.385 e. The Kier molecular flexibility index (Phi) is 7.72. The largest absolute Gasteiger partial charge is 0.385 e. The number of amides is 1. The van der Waals surface area contributed by atoms with E-state index in [0.717, 1.165) is 23.4 Å². The Labute approximate surface area is 152 Å². The minimum atomic E-state index is -0.151. The van der Waals surface area contributed by atoms with Crippen molar-refractivity contribution in [2.24, 2.45) is 0 Å². The molecule has 0 bridgehead atoms. The molecule has 1 aromatic carbocycles. The first-order valence-electron chi connectivity index (χ1n) is 7.86. The Morgan fingerprint density at radius 2 is 2.08 bits per heavy atom. The van der Waals surface area contributed by atoms with E-state index in [9.17, 15) is 4.79 Å². The number of nitrogens with zero attached hydrogens (tertiary/aromatic N) is 1. The first kappa shape index (κ1) is 18.9. The molecular weight excluding hydrogens is 344 g/mol. The van der Waals surface area contributed by atoms with Crippen LogP contribution in [0.3, 0.4) is 0 Å². The zero-order chi connectivity index (χ0) is 17.4. The Morgan fingerprint density at radius 3 is 2.71 bits per heavy atom. The number of nitrogens with one attached hydrogen (secondary N) is 1. The van der Waals surface area contributed by atoms with Crippen LogP contribution in [0.25, 0.3) is 0 Å². The van der Waals surface area contributed by atoms with Crippen LogP contribution in [0.15, 0.2) is 41.8 Å². The zero-order valence-electron chi connectivity index (χ0n) is 14.0. The normalized spacial score (nSPS) is 12.3. The molecule has 1 heterocycles. The van der Waals surface area contributed by atoms with Gasteiger partial charge in [-0.3, -0.25) is 9.69 Å². The predicted molar refractivity (Wildman–Crippen MR) is 99.7 cm³/mol. The number of hydrogen-bond acceptors (Lipinski definition) is 4. The van der Waals surface area contributed by atoms with E-state index in [1.807, 2.05) is 53.7 Å². The van der Waals surface area contributed by atoms with Crippen molar-refractivity contribution in [1.29, 1.82) is 0 Å². The maximum absolute atomic E-state index is 12.4. The fourth-order valence-electron chi connectivity index (χ4n) is 2.44. The molecule has 4 nitrogen and oxygen atoms in total. The number of ether oxygens (including phenoxy) is 1. The van der Waals surface area contributed by atoms with Gasteiger partial charge in [-0.2, -0.15) is 0 Å². The van der Waals surface area contributed by atoms with Crippen molar-refractivity contribution in [3.8, 4) is 0 Å². The van der Waals surface area contributed by atoms with Crippen molar-refractivity contribution < 1.29 is 9.53 Å². The van der Waals surface area contributed by atoms with Gasteiger partial charge >= 0.3 is 0 Å². The summed E-state index contributed by atoms with van der Waals surface area (Å²) in [6.45, 7) is 1.89. The summed E-state index contributed by atoms with van der Waals surface area (Å²) in [5.74, 6) is 0.00302. The molecule has 0 radical (unpaired) electrons.